The molecule has 1 aliphatic rings. The molecule has 6 heteroatoms. The van der Waals surface area contributed by atoms with Gasteiger partial charge in [-0.15, -0.1) is 0 Å². The van der Waals surface area contributed by atoms with Crippen molar-refractivity contribution in [2.45, 2.75) is 19.4 Å². The van der Waals surface area contributed by atoms with E-state index < -0.39 is 5.41 Å². The number of imidazole rings is 1. The molecule has 3 N–H and O–H groups in total. The van der Waals surface area contributed by atoms with Crippen LogP contribution in [0.4, 0.5) is 0 Å². The Morgan fingerprint density at radius 2 is 2.33 bits per heavy atom. The highest BCUT2D eigenvalue weighted by atomic mass is 16.5. The third-order valence-corrected chi connectivity index (χ3v) is 3.65. The van der Waals surface area contributed by atoms with Crippen molar-refractivity contribution in [2.75, 3.05) is 19.8 Å². The third kappa shape index (κ3) is 2.54. The van der Waals surface area contributed by atoms with Gasteiger partial charge in [0, 0.05) is 39.2 Å². The van der Waals surface area contributed by atoms with Crippen LogP contribution in [0, 0.1) is 5.41 Å². The number of ether oxygens (including phenoxy) is 1. The SMILES string of the molecule is Cn1ccnc1CNC(=O)C1(CN)CCOCC1. The van der Waals surface area contributed by atoms with E-state index in [-0.39, 0.29) is 5.91 Å². The summed E-state index contributed by atoms with van der Waals surface area (Å²) in [6.07, 6.45) is 4.95. The van der Waals surface area contributed by atoms with Gasteiger partial charge >= 0.3 is 0 Å². The lowest BCUT2D eigenvalue weighted by Crippen LogP contribution is -2.49. The van der Waals surface area contributed by atoms with Crippen molar-refractivity contribution in [2.24, 2.45) is 18.2 Å². The van der Waals surface area contributed by atoms with Gasteiger partial charge in [-0.1, -0.05) is 0 Å². The second-order valence-electron chi connectivity index (χ2n) is 4.73. The fourth-order valence-electron chi connectivity index (χ4n) is 2.20. The lowest BCUT2D eigenvalue weighted by atomic mass is 9.79. The van der Waals surface area contributed by atoms with Crippen LogP contribution in [0.5, 0.6) is 0 Å². The van der Waals surface area contributed by atoms with Gasteiger partial charge in [-0.2, -0.15) is 0 Å². The van der Waals surface area contributed by atoms with E-state index in [0.29, 0.717) is 39.1 Å². The number of nitrogens with zero attached hydrogens (tertiary/aromatic N) is 2. The maximum atomic E-state index is 12.3. The third-order valence-electron chi connectivity index (χ3n) is 3.65. The first-order chi connectivity index (χ1) is 8.68. The molecule has 6 nitrogen and oxygen atoms in total. The molecule has 18 heavy (non-hydrogen) atoms. The van der Waals surface area contributed by atoms with Crippen molar-refractivity contribution in [3.63, 3.8) is 0 Å². The van der Waals surface area contributed by atoms with Crippen LogP contribution < -0.4 is 11.1 Å². The molecule has 0 spiro atoms. The molecule has 0 saturated carbocycles. The molecule has 0 atom stereocenters. The predicted octanol–water partition coefficient (Wildman–Crippen LogP) is -0.208. The molecule has 1 aromatic heterocycles. The van der Waals surface area contributed by atoms with Crippen molar-refractivity contribution in [3.8, 4) is 0 Å². The molecule has 0 bridgehead atoms. The van der Waals surface area contributed by atoms with Gasteiger partial charge in [0.05, 0.1) is 12.0 Å². The van der Waals surface area contributed by atoms with Gasteiger partial charge in [0.25, 0.3) is 0 Å². The minimum atomic E-state index is -0.469. The first-order valence-corrected chi connectivity index (χ1v) is 6.20. The number of nitrogens with two attached hydrogens (primary N) is 1. The van der Waals surface area contributed by atoms with Crippen molar-refractivity contribution < 1.29 is 9.53 Å². The number of aromatic nitrogens is 2. The van der Waals surface area contributed by atoms with Crippen LogP contribution in [0.1, 0.15) is 18.7 Å². The summed E-state index contributed by atoms with van der Waals surface area (Å²) in [5.41, 5.74) is 5.31. The molecule has 1 amide bonds. The minimum Gasteiger partial charge on any atom is -0.381 e. The molecule has 1 aliphatic heterocycles. The minimum absolute atomic E-state index is 0.0105. The molecule has 0 aromatic carbocycles. The maximum Gasteiger partial charge on any atom is 0.228 e. The van der Waals surface area contributed by atoms with E-state index in [0.717, 1.165) is 5.82 Å². The summed E-state index contributed by atoms with van der Waals surface area (Å²) in [7, 11) is 1.90. The molecular formula is C12H20N4O2. The summed E-state index contributed by atoms with van der Waals surface area (Å²) >= 11 is 0. The van der Waals surface area contributed by atoms with Gasteiger partial charge in [-0.3, -0.25) is 4.79 Å². The zero-order chi connectivity index (χ0) is 13.0. The smallest absolute Gasteiger partial charge is 0.228 e. The number of amides is 1. The van der Waals surface area contributed by atoms with Crippen molar-refractivity contribution in [1.29, 1.82) is 0 Å². The first kappa shape index (κ1) is 13.0. The zero-order valence-electron chi connectivity index (χ0n) is 10.7. The number of hydrogen-bond acceptors (Lipinski definition) is 4. The number of carbonyl (C=O) groups is 1. The van der Waals surface area contributed by atoms with Gasteiger partial charge < -0.3 is 20.4 Å². The van der Waals surface area contributed by atoms with Crippen LogP contribution in [-0.4, -0.2) is 35.2 Å². The molecule has 1 aromatic rings. The number of hydrogen-bond donors (Lipinski definition) is 2. The highest BCUT2D eigenvalue weighted by Crippen LogP contribution is 2.29. The highest BCUT2D eigenvalue weighted by Gasteiger charge is 2.38. The Bertz CT molecular complexity index is 410. The van der Waals surface area contributed by atoms with Crippen LogP contribution in [0.3, 0.4) is 0 Å². The Kier molecular flexibility index (Phi) is 3.98. The molecule has 0 unspecified atom stereocenters. The second kappa shape index (κ2) is 5.49. The van der Waals surface area contributed by atoms with Gasteiger partial charge in [0.2, 0.25) is 5.91 Å². The summed E-state index contributed by atoms with van der Waals surface area (Å²) < 4.78 is 7.18. The number of nitrogens with one attached hydrogen (secondary N) is 1. The summed E-state index contributed by atoms with van der Waals surface area (Å²) in [5, 5.41) is 2.93. The zero-order valence-corrected chi connectivity index (χ0v) is 10.7. The fourth-order valence-corrected chi connectivity index (χ4v) is 2.20. The Morgan fingerprint density at radius 3 is 2.89 bits per heavy atom. The number of rotatable bonds is 4. The van der Waals surface area contributed by atoms with Crippen LogP contribution >= 0.6 is 0 Å². The summed E-state index contributed by atoms with van der Waals surface area (Å²) in [4.78, 5) is 16.4. The van der Waals surface area contributed by atoms with E-state index in [4.69, 9.17) is 10.5 Å². The Morgan fingerprint density at radius 1 is 1.61 bits per heavy atom. The molecule has 2 rings (SSSR count). The van der Waals surface area contributed by atoms with E-state index >= 15 is 0 Å². The Labute approximate surface area is 107 Å². The first-order valence-electron chi connectivity index (χ1n) is 6.20. The summed E-state index contributed by atoms with van der Waals surface area (Å²) in [6.45, 7) is 2.01. The molecule has 1 saturated heterocycles. The van der Waals surface area contributed by atoms with Crippen molar-refractivity contribution in [3.05, 3.63) is 18.2 Å². The van der Waals surface area contributed by atoms with E-state index in [9.17, 15) is 4.79 Å². The van der Waals surface area contributed by atoms with Gasteiger partial charge in [0.1, 0.15) is 5.82 Å². The van der Waals surface area contributed by atoms with E-state index in [1.807, 2.05) is 17.8 Å². The average Bonchev–Trinajstić information content (AvgIpc) is 2.82. The molecule has 100 valence electrons. The summed E-state index contributed by atoms with van der Waals surface area (Å²) in [5.74, 6) is 0.846. The quantitative estimate of drug-likeness (QED) is 0.777. The molecule has 0 radical (unpaired) electrons. The lowest BCUT2D eigenvalue weighted by Gasteiger charge is -2.34. The Hall–Kier alpha value is -1.40. The second-order valence-corrected chi connectivity index (χ2v) is 4.73. The van der Waals surface area contributed by atoms with Crippen LogP contribution in [0.2, 0.25) is 0 Å². The van der Waals surface area contributed by atoms with E-state index in [1.54, 1.807) is 6.20 Å². The van der Waals surface area contributed by atoms with Crippen LogP contribution in [0.15, 0.2) is 12.4 Å². The lowest BCUT2D eigenvalue weighted by molar-refractivity contribution is -0.136. The van der Waals surface area contributed by atoms with Gasteiger partial charge in [-0.05, 0) is 12.8 Å². The van der Waals surface area contributed by atoms with Crippen molar-refractivity contribution >= 4 is 5.91 Å². The number of carbonyl (C=O) groups excluding carboxylic acids is 1. The normalized spacial score (nSPS) is 18.6. The standard InChI is InChI=1S/C12H20N4O2/c1-16-5-4-14-10(16)8-15-11(17)12(9-13)2-6-18-7-3-12/h4-5H,2-3,6-9,13H2,1H3,(H,15,17). The Balaban J connectivity index is 1.96. The van der Waals surface area contributed by atoms with Gasteiger partial charge in [-0.25, -0.2) is 4.98 Å². The topological polar surface area (TPSA) is 82.2 Å². The number of aryl methyl sites for hydroxylation is 1. The van der Waals surface area contributed by atoms with E-state index in [2.05, 4.69) is 10.3 Å². The van der Waals surface area contributed by atoms with Crippen molar-refractivity contribution in [1.82, 2.24) is 14.9 Å². The van der Waals surface area contributed by atoms with Crippen LogP contribution in [-0.2, 0) is 23.1 Å². The molecular weight excluding hydrogens is 232 g/mol. The predicted molar refractivity (Wildman–Crippen MR) is 66.6 cm³/mol. The van der Waals surface area contributed by atoms with Crippen LogP contribution in [0.25, 0.3) is 0 Å². The monoisotopic (exact) mass is 252 g/mol. The molecule has 2 heterocycles. The highest BCUT2D eigenvalue weighted by molar-refractivity contribution is 5.82. The largest absolute Gasteiger partial charge is 0.381 e. The molecule has 1 fully saturated rings. The molecule has 0 aliphatic carbocycles. The summed E-state index contributed by atoms with van der Waals surface area (Å²) in [6, 6.07) is 0. The fraction of sp³-hybridized carbons (Fsp3) is 0.667. The maximum absolute atomic E-state index is 12.3. The van der Waals surface area contributed by atoms with E-state index in [1.165, 1.54) is 0 Å². The van der Waals surface area contributed by atoms with Gasteiger partial charge in [0.15, 0.2) is 0 Å². The average molecular weight is 252 g/mol.